The van der Waals surface area contributed by atoms with Crippen LogP contribution in [-0.4, -0.2) is 35.3 Å². The van der Waals surface area contributed by atoms with E-state index in [4.69, 9.17) is 11.6 Å². The number of benzene rings is 1. The molecule has 1 fully saturated rings. The molecule has 1 aromatic carbocycles. The fraction of sp³-hybridized carbons (Fsp3) is 0.562. The van der Waals surface area contributed by atoms with Gasteiger partial charge >= 0.3 is 6.03 Å². The van der Waals surface area contributed by atoms with Gasteiger partial charge in [-0.2, -0.15) is 11.8 Å². The molecule has 1 heterocycles. The summed E-state index contributed by atoms with van der Waals surface area (Å²) in [6, 6.07) is 8.03. The second-order valence-corrected chi connectivity index (χ2v) is 8.05. The molecule has 2 amide bonds. The quantitative estimate of drug-likeness (QED) is 0.833. The Hall–Kier alpha value is -0.870. The highest BCUT2D eigenvalue weighted by molar-refractivity contribution is 7.99. The molecule has 1 atom stereocenters. The molecule has 1 unspecified atom stereocenters. The third-order valence-electron chi connectivity index (χ3n) is 3.36. The Kier molecular flexibility index (Phi) is 5.44. The van der Waals surface area contributed by atoms with E-state index >= 15 is 0 Å². The van der Waals surface area contributed by atoms with Crippen molar-refractivity contribution >= 4 is 29.4 Å². The Labute approximate surface area is 136 Å². The molecule has 0 aromatic heterocycles. The second kappa shape index (κ2) is 6.93. The van der Waals surface area contributed by atoms with E-state index in [0.717, 1.165) is 30.3 Å². The highest BCUT2D eigenvalue weighted by Gasteiger charge is 2.25. The van der Waals surface area contributed by atoms with Crippen molar-refractivity contribution in [2.45, 2.75) is 38.0 Å². The van der Waals surface area contributed by atoms with Crippen LogP contribution in [0.3, 0.4) is 0 Å². The summed E-state index contributed by atoms with van der Waals surface area (Å²) in [6.07, 6.45) is 0.936. The minimum atomic E-state index is -0.196. The topological polar surface area (TPSA) is 32.3 Å². The molecule has 116 valence electrons. The van der Waals surface area contributed by atoms with E-state index in [9.17, 15) is 4.79 Å². The van der Waals surface area contributed by atoms with Crippen LogP contribution in [0.25, 0.3) is 0 Å². The maximum atomic E-state index is 12.3. The molecule has 0 spiro atoms. The van der Waals surface area contributed by atoms with E-state index in [1.807, 2.05) is 55.6 Å². The Morgan fingerprint density at radius 2 is 2.05 bits per heavy atom. The molecule has 0 radical (unpaired) electrons. The summed E-state index contributed by atoms with van der Waals surface area (Å²) in [5.74, 6) is 0.938. The molecule has 3 nitrogen and oxygen atoms in total. The van der Waals surface area contributed by atoms with E-state index in [1.165, 1.54) is 5.56 Å². The molecule has 5 heteroatoms. The van der Waals surface area contributed by atoms with Crippen LogP contribution in [0.4, 0.5) is 4.79 Å². The number of hydrogen-bond acceptors (Lipinski definition) is 2. The minimum absolute atomic E-state index is 0.0305. The number of carbonyl (C=O) groups is 1. The Bertz CT molecular complexity index is 501. The zero-order chi connectivity index (χ0) is 15.5. The monoisotopic (exact) mass is 326 g/mol. The van der Waals surface area contributed by atoms with Gasteiger partial charge in [0.2, 0.25) is 0 Å². The molecule has 1 saturated heterocycles. The molecule has 0 aliphatic carbocycles. The maximum Gasteiger partial charge on any atom is 0.317 e. The number of carbonyl (C=O) groups excluding carboxylic acids is 1. The molecule has 0 bridgehead atoms. The standard InChI is InChI=1S/C16H23ClN2OS/c1-16(2,3)18-15(20)19-9-8-14(21-11-10-19)12-6-4-5-7-13(12)17/h4-7,14H,8-11H2,1-3H3,(H,18,20). The van der Waals surface area contributed by atoms with Crippen LogP contribution in [0.5, 0.6) is 0 Å². The molecule has 21 heavy (non-hydrogen) atoms. The third-order valence-corrected chi connectivity index (χ3v) is 5.02. The average Bonchev–Trinajstić information content (AvgIpc) is 2.63. The van der Waals surface area contributed by atoms with Crippen molar-refractivity contribution in [3.05, 3.63) is 34.9 Å². The van der Waals surface area contributed by atoms with Crippen molar-refractivity contribution in [2.24, 2.45) is 0 Å². The van der Waals surface area contributed by atoms with Gasteiger partial charge in [0.05, 0.1) is 0 Å². The van der Waals surface area contributed by atoms with Gasteiger partial charge in [0.25, 0.3) is 0 Å². The SMILES string of the molecule is CC(C)(C)NC(=O)N1CCSC(c2ccccc2Cl)CC1. The van der Waals surface area contributed by atoms with Crippen LogP contribution in [0.2, 0.25) is 5.02 Å². The Balaban J connectivity index is 1.99. The van der Waals surface area contributed by atoms with Gasteiger partial charge in [0.15, 0.2) is 0 Å². The van der Waals surface area contributed by atoms with Crippen LogP contribution in [-0.2, 0) is 0 Å². The van der Waals surface area contributed by atoms with Gasteiger partial charge in [0.1, 0.15) is 0 Å². The first kappa shape index (κ1) is 16.5. The summed E-state index contributed by atoms with van der Waals surface area (Å²) < 4.78 is 0. The lowest BCUT2D eigenvalue weighted by Crippen LogP contribution is -2.49. The van der Waals surface area contributed by atoms with Crippen molar-refractivity contribution in [1.29, 1.82) is 0 Å². The molecule has 1 aromatic rings. The number of nitrogens with one attached hydrogen (secondary N) is 1. The summed E-state index contributed by atoms with van der Waals surface area (Å²) >= 11 is 8.18. The van der Waals surface area contributed by atoms with Crippen molar-refractivity contribution in [1.82, 2.24) is 10.2 Å². The van der Waals surface area contributed by atoms with Crippen LogP contribution in [0.1, 0.15) is 38.0 Å². The number of halogens is 1. The first-order valence-corrected chi connectivity index (χ1v) is 8.72. The zero-order valence-electron chi connectivity index (χ0n) is 12.9. The van der Waals surface area contributed by atoms with Crippen LogP contribution < -0.4 is 5.32 Å². The van der Waals surface area contributed by atoms with E-state index in [1.54, 1.807) is 0 Å². The van der Waals surface area contributed by atoms with Crippen LogP contribution in [0, 0.1) is 0 Å². The average molecular weight is 327 g/mol. The smallest absolute Gasteiger partial charge is 0.317 e. The van der Waals surface area contributed by atoms with Crippen LogP contribution >= 0.6 is 23.4 Å². The summed E-state index contributed by atoms with van der Waals surface area (Å²) in [6.45, 7) is 7.57. The van der Waals surface area contributed by atoms with Crippen molar-refractivity contribution in [3.8, 4) is 0 Å². The molecule has 1 aliphatic heterocycles. The zero-order valence-corrected chi connectivity index (χ0v) is 14.4. The number of urea groups is 1. The molecular weight excluding hydrogens is 304 g/mol. The summed E-state index contributed by atoms with van der Waals surface area (Å²) in [7, 11) is 0. The molecule has 1 aliphatic rings. The van der Waals surface area contributed by atoms with Gasteiger partial charge in [0, 0.05) is 34.7 Å². The first-order chi connectivity index (χ1) is 9.87. The number of nitrogens with zero attached hydrogens (tertiary/aromatic N) is 1. The van der Waals surface area contributed by atoms with Gasteiger partial charge < -0.3 is 10.2 Å². The largest absolute Gasteiger partial charge is 0.333 e. The molecule has 2 rings (SSSR count). The van der Waals surface area contributed by atoms with Gasteiger partial charge in [-0.05, 0) is 38.8 Å². The van der Waals surface area contributed by atoms with Gasteiger partial charge in [-0.3, -0.25) is 0 Å². The van der Waals surface area contributed by atoms with E-state index < -0.39 is 0 Å². The molecule has 0 saturated carbocycles. The fourth-order valence-electron chi connectivity index (χ4n) is 2.36. The summed E-state index contributed by atoms with van der Waals surface area (Å²) in [5, 5.41) is 4.22. The van der Waals surface area contributed by atoms with E-state index in [2.05, 4.69) is 11.4 Å². The highest BCUT2D eigenvalue weighted by atomic mass is 35.5. The number of amides is 2. The summed E-state index contributed by atoms with van der Waals surface area (Å²) in [4.78, 5) is 14.2. The van der Waals surface area contributed by atoms with Crippen molar-refractivity contribution in [2.75, 3.05) is 18.8 Å². The second-order valence-electron chi connectivity index (χ2n) is 6.34. The van der Waals surface area contributed by atoms with E-state index in [-0.39, 0.29) is 11.6 Å². The number of rotatable bonds is 1. The first-order valence-electron chi connectivity index (χ1n) is 7.30. The predicted molar refractivity (Wildman–Crippen MR) is 91.1 cm³/mol. The normalized spacial score (nSPS) is 20.0. The van der Waals surface area contributed by atoms with Gasteiger partial charge in [-0.1, -0.05) is 29.8 Å². The maximum absolute atomic E-state index is 12.3. The number of thioether (sulfide) groups is 1. The third kappa shape index (κ3) is 4.82. The van der Waals surface area contributed by atoms with Crippen molar-refractivity contribution in [3.63, 3.8) is 0 Å². The van der Waals surface area contributed by atoms with Crippen molar-refractivity contribution < 1.29 is 4.79 Å². The van der Waals surface area contributed by atoms with Crippen LogP contribution in [0.15, 0.2) is 24.3 Å². The molecular formula is C16H23ClN2OS. The lowest BCUT2D eigenvalue weighted by molar-refractivity contribution is 0.192. The Morgan fingerprint density at radius 3 is 2.71 bits per heavy atom. The molecule has 1 N–H and O–H groups in total. The summed E-state index contributed by atoms with van der Waals surface area (Å²) in [5.41, 5.74) is 0.987. The number of hydrogen-bond donors (Lipinski definition) is 1. The highest BCUT2D eigenvalue weighted by Crippen LogP contribution is 2.37. The minimum Gasteiger partial charge on any atom is -0.333 e. The fourth-order valence-corrected chi connectivity index (χ4v) is 3.96. The predicted octanol–water partition coefficient (Wildman–Crippen LogP) is 4.33. The van der Waals surface area contributed by atoms with Gasteiger partial charge in [-0.15, -0.1) is 0 Å². The lowest BCUT2D eigenvalue weighted by Gasteiger charge is -2.27. The Morgan fingerprint density at radius 1 is 1.33 bits per heavy atom. The van der Waals surface area contributed by atoms with Gasteiger partial charge in [-0.25, -0.2) is 4.79 Å². The lowest BCUT2D eigenvalue weighted by atomic mass is 10.1. The van der Waals surface area contributed by atoms with E-state index in [0.29, 0.717) is 5.25 Å².